The summed E-state index contributed by atoms with van der Waals surface area (Å²) in [5, 5.41) is 18.6. The maximum atomic E-state index is 13.1. The molecule has 1 amide bonds. The van der Waals surface area contributed by atoms with E-state index >= 15 is 0 Å². The average molecular weight is 399 g/mol. The lowest BCUT2D eigenvalue weighted by Crippen LogP contribution is -2.62. The Labute approximate surface area is 171 Å². The van der Waals surface area contributed by atoms with E-state index in [4.69, 9.17) is 9.26 Å². The number of hydrogen-bond acceptors (Lipinski definition) is 6. The maximum Gasteiger partial charge on any atom is 0.224 e. The van der Waals surface area contributed by atoms with E-state index in [1.54, 1.807) is 0 Å². The molecule has 2 N–H and O–H groups in total. The van der Waals surface area contributed by atoms with Crippen molar-refractivity contribution >= 4 is 5.91 Å². The van der Waals surface area contributed by atoms with Gasteiger partial charge in [0.2, 0.25) is 5.91 Å². The summed E-state index contributed by atoms with van der Waals surface area (Å²) in [4.78, 5) is 15.2. The summed E-state index contributed by atoms with van der Waals surface area (Å²) >= 11 is 0. The lowest BCUT2D eigenvalue weighted by atomic mass is 9.78. The Bertz CT molecular complexity index is 818. The number of aryl methyl sites for hydroxylation is 1. The van der Waals surface area contributed by atoms with Crippen molar-refractivity contribution < 1.29 is 19.2 Å². The van der Waals surface area contributed by atoms with Gasteiger partial charge >= 0.3 is 0 Å². The number of benzene rings is 1. The number of nitrogens with one attached hydrogen (secondary N) is 1. The number of amides is 1. The first-order valence-corrected chi connectivity index (χ1v) is 10.3. The second-order valence-electron chi connectivity index (χ2n) is 8.14. The number of rotatable bonds is 5. The fourth-order valence-electron chi connectivity index (χ4n) is 4.43. The first-order chi connectivity index (χ1) is 14.1. The molecule has 2 fully saturated rings. The lowest BCUT2D eigenvalue weighted by Gasteiger charge is -2.47. The van der Waals surface area contributed by atoms with Gasteiger partial charge in [0.1, 0.15) is 5.76 Å². The highest BCUT2D eigenvalue weighted by Gasteiger charge is 2.45. The van der Waals surface area contributed by atoms with Gasteiger partial charge in [-0.2, -0.15) is 0 Å². The molecule has 7 heteroatoms. The zero-order valence-electron chi connectivity index (χ0n) is 16.8. The van der Waals surface area contributed by atoms with E-state index in [0.717, 1.165) is 36.4 Å². The lowest BCUT2D eigenvalue weighted by molar-refractivity contribution is -0.134. The third kappa shape index (κ3) is 4.37. The van der Waals surface area contributed by atoms with Gasteiger partial charge in [-0.3, -0.25) is 9.69 Å². The Morgan fingerprint density at radius 2 is 2.07 bits per heavy atom. The predicted molar refractivity (Wildman–Crippen MR) is 107 cm³/mol. The molecule has 4 rings (SSSR count). The van der Waals surface area contributed by atoms with Crippen LogP contribution in [-0.2, 0) is 21.6 Å². The van der Waals surface area contributed by atoms with Crippen molar-refractivity contribution in [1.82, 2.24) is 15.4 Å². The van der Waals surface area contributed by atoms with Crippen molar-refractivity contribution in [3.05, 3.63) is 53.4 Å². The molecule has 2 aliphatic rings. The maximum absolute atomic E-state index is 13.1. The standard InChI is InChI=1S/C22H29N3O4/c1-16-13-19(24-29-16)14-25-10-9-22(20(26)15-25,18-5-3-2-4-6-18)23-21(27)17-7-11-28-12-8-17/h2-6,13,17,20,26H,7-12,14-15H2,1H3,(H,23,27)/t20-,22+/m1/s1. The van der Waals surface area contributed by atoms with Gasteiger partial charge in [-0.25, -0.2) is 0 Å². The summed E-state index contributed by atoms with van der Waals surface area (Å²) < 4.78 is 10.6. The largest absolute Gasteiger partial charge is 0.389 e. The first kappa shape index (κ1) is 20.1. The highest BCUT2D eigenvalue weighted by Crippen LogP contribution is 2.35. The van der Waals surface area contributed by atoms with Gasteiger partial charge in [0, 0.05) is 44.8 Å². The number of nitrogens with zero attached hydrogens (tertiary/aromatic N) is 2. The molecule has 0 radical (unpaired) electrons. The number of carbonyl (C=O) groups is 1. The van der Waals surface area contributed by atoms with Gasteiger partial charge < -0.3 is 19.7 Å². The van der Waals surface area contributed by atoms with Crippen molar-refractivity contribution in [2.75, 3.05) is 26.3 Å². The molecular formula is C22H29N3O4. The zero-order chi connectivity index (χ0) is 20.3. The summed E-state index contributed by atoms with van der Waals surface area (Å²) in [6.07, 6.45) is 1.36. The minimum atomic E-state index is -0.785. The molecule has 156 valence electrons. The molecule has 0 spiro atoms. The van der Waals surface area contributed by atoms with E-state index in [0.29, 0.717) is 32.7 Å². The van der Waals surface area contributed by atoms with Crippen LogP contribution in [0.3, 0.4) is 0 Å². The molecule has 3 heterocycles. The minimum Gasteiger partial charge on any atom is -0.389 e. The number of likely N-dealkylation sites (tertiary alicyclic amines) is 1. The van der Waals surface area contributed by atoms with E-state index < -0.39 is 11.6 Å². The molecule has 0 bridgehead atoms. The van der Waals surface area contributed by atoms with Crippen LogP contribution in [0.25, 0.3) is 0 Å². The molecule has 0 saturated carbocycles. The molecule has 7 nitrogen and oxygen atoms in total. The zero-order valence-corrected chi connectivity index (χ0v) is 16.8. The van der Waals surface area contributed by atoms with Gasteiger partial charge in [0.05, 0.1) is 17.3 Å². The van der Waals surface area contributed by atoms with Crippen LogP contribution < -0.4 is 5.32 Å². The van der Waals surface area contributed by atoms with Crippen molar-refractivity contribution in [2.24, 2.45) is 5.92 Å². The summed E-state index contributed by atoms with van der Waals surface area (Å²) in [5.41, 5.74) is 1.02. The van der Waals surface area contributed by atoms with Crippen LogP contribution in [0.15, 0.2) is 40.9 Å². The second-order valence-corrected chi connectivity index (χ2v) is 8.14. The number of ether oxygens (including phenoxy) is 1. The van der Waals surface area contributed by atoms with Crippen LogP contribution in [0, 0.1) is 12.8 Å². The van der Waals surface area contributed by atoms with Crippen molar-refractivity contribution in [3.8, 4) is 0 Å². The fraction of sp³-hybridized carbons (Fsp3) is 0.545. The number of aromatic nitrogens is 1. The fourth-order valence-corrected chi connectivity index (χ4v) is 4.43. The Balaban J connectivity index is 1.52. The highest BCUT2D eigenvalue weighted by molar-refractivity contribution is 5.80. The molecular weight excluding hydrogens is 370 g/mol. The first-order valence-electron chi connectivity index (χ1n) is 10.3. The molecule has 0 unspecified atom stereocenters. The number of aliphatic hydroxyl groups excluding tert-OH is 1. The van der Waals surface area contributed by atoms with Gasteiger partial charge in [-0.15, -0.1) is 0 Å². The Kier molecular flexibility index (Phi) is 5.99. The van der Waals surface area contributed by atoms with Crippen molar-refractivity contribution in [2.45, 2.75) is 44.4 Å². The average Bonchev–Trinajstić information content (AvgIpc) is 3.16. The third-order valence-corrected chi connectivity index (χ3v) is 6.11. The van der Waals surface area contributed by atoms with Gasteiger partial charge in [-0.1, -0.05) is 35.5 Å². The van der Waals surface area contributed by atoms with Crippen LogP contribution >= 0.6 is 0 Å². The van der Waals surface area contributed by atoms with Gasteiger partial charge in [-0.05, 0) is 31.7 Å². The Morgan fingerprint density at radius 3 is 2.72 bits per heavy atom. The molecule has 2 aromatic rings. The van der Waals surface area contributed by atoms with E-state index in [-0.39, 0.29) is 11.8 Å². The van der Waals surface area contributed by atoms with Crippen molar-refractivity contribution in [1.29, 1.82) is 0 Å². The van der Waals surface area contributed by atoms with E-state index in [2.05, 4.69) is 15.4 Å². The summed E-state index contributed by atoms with van der Waals surface area (Å²) in [6.45, 7) is 4.91. The van der Waals surface area contributed by atoms with Crippen LogP contribution in [0.1, 0.15) is 36.3 Å². The molecule has 2 atom stereocenters. The van der Waals surface area contributed by atoms with Crippen LogP contribution in [0.4, 0.5) is 0 Å². The summed E-state index contributed by atoms with van der Waals surface area (Å²) in [5.74, 6) is 0.726. The summed E-state index contributed by atoms with van der Waals surface area (Å²) in [6, 6.07) is 11.8. The van der Waals surface area contributed by atoms with E-state index in [1.807, 2.05) is 43.3 Å². The van der Waals surface area contributed by atoms with Gasteiger partial charge in [0.25, 0.3) is 0 Å². The molecule has 2 saturated heterocycles. The topological polar surface area (TPSA) is 87.8 Å². The van der Waals surface area contributed by atoms with Crippen LogP contribution in [0.2, 0.25) is 0 Å². The van der Waals surface area contributed by atoms with Crippen molar-refractivity contribution in [3.63, 3.8) is 0 Å². The Hall–Kier alpha value is -2.22. The molecule has 0 aliphatic carbocycles. The normalized spacial score (nSPS) is 26.3. The number of aliphatic hydroxyl groups is 1. The highest BCUT2D eigenvalue weighted by atomic mass is 16.5. The SMILES string of the molecule is Cc1cc(CN2CC[C@](NC(=O)C3CCOCC3)(c3ccccc3)[C@H](O)C2)no1. The molecule has 1 aromatic heterocycles. The molecule has 2 aliphatic heterocycles. The molecule has 29 heavy (non-hydrogen) atoms. The van der Waals surface area contributed by atoms with Crippen LogP contribution in [-0.4, -0.2) is 53.5 Å². The number of piperidine rings is 1. The third-order valence-electron chi connectivity index (χ3n) is 6.11. The predicted octanol–water partition coefficient (Wildman–Crippen LogP) is 1.99. The van der Waals surface area contributed by atoms with Crippen LogP contribution in [0.5, 0.6) is 0 Å². The summed E-state index contributed by atoms with van der Waals surface area (Å²) in [7, 11) is 0. The molecule has 1 aromatic carbocycles. The van der Waals surface area contributed by atoms with E-state index in [9.17, 15) is 9.90 Å². The monoisotopic (exact) mass is 399 g/mol. The number of hydrogen-bond donors (Lipinski definition) is 2. The number of β-amino-alcohol motifs (C(OH)–C–C–N with tert-alkyl or cyclic N) is 1. The smallest absolute Gasteiger partial charge is 0.224 e. The second kappa shape index (κ2) is 8.65. The Morgan fingerprint density at radius 1 is 1.31 bits per heavy atom. The quantitative estimate of drug-likeness (QED) is 0.800. The number of carbonyl (C=O) groups excluding carboxylic acids is 1. The minimum absolute atomic E-state index is 0.0109. The van der Waals surface area contributed by atoms with E-state index in [1.165, 1.54) is 0 Å². The van der Waals surface area contributed by atoms with Gasteiger partial charge in [0.15, 0.2) is 0 Å².